The Morgan fingerprint density at radius 2 is 2.00 bits per heavy atom. The first kappa shape index (κ1) is 6.13. The van der Waals surface area contributed by atoms with Crippen molar-refractivity contribution in [3.8, 4) is 0 Å². The average Bonchev–Trinajstić information content (AvgIpc) is 1.91. The summed E-state index contributed by atoms with van der Waals surface area (Å²) < 4.78 is 11.6. The van der Waals surface area contributed by atoms with E-state index in [1.54, 1.807) is 18.5 Å². The highest BCUT2D eigenvalue weighted by atomic mass is 19.1. The minimum absolute atomic E-state index is 0.320. The molecule has 0 aromatic carbocycles. The number of nitrogens with zero attached hydrogens (tertiary/aromatic N) is 2. The van der Waals surface area contributed by atoms with Crippen LogP contribution in [0.3, 0.4) is 0 Å². The van der Waals surface area contributed by atoms with E-state index in [1.165, 1.54) is 0 Å². The normalized spacial score (nSPS) is 9.44. The molecule has 1 heterocycles. The molecule has 0 aliphatic rings. The SMILES string of the molecule is FCCc1ncccn1. The Hall–Kier alpha value is -0.990. The summed E-state index contributed by atoms with van der Waals surface area (Å²) in [6.07, 6.45) is 3.54. The second kappa shape index (κ2) is 3.12. The Morgan fingerprint density at radius 3 is 2.56 bits per heavy atom. The molecule has 0 aliphatic heterocycles. The summed E-state index contributed by atoms with van der Waals surface area (Å²) in [5.74, 6) is 0.569. The summed E-state index contributed by atoms with van der Waals surface area (Å²) >= 11 is 0. The van der Waals surface area contributed by atoms with Crippen molar-refractivity contribution < 1.29 is 4.39 Å². The Kier molecular flexibility index (Phi) is 2.13. The summed E-state index contributed by atoms with van der Waals surface area (Å²) in [7, 11) is 0. The topological polar surface area (TPSA) is 25.8 Å². The third kappa shape index (κ3) is 1.76. The van der Waals surface area contributed by atoms with Crippen molar-refractivity contribution in [2.45, 2.75) is 6.42 Å². The molecule has 48 valence electrons. The Labute approximate surface area is 52.8 Å². The molecular weight excluding hydrogens is 119 g/mol. The zero-order chi connectivity index (χ0) is 6.53. The molecule has 0 spiro atoms. The van der Waals surface area contributed by atoms with E-state index in [9.17, 15) is 4.39 Å². The first-order chi connectivity index (χ1) is 4.43. The van der Waals surface area contributed by atoms with Crippen LogP contribution >= 0.6 is 0 Å². The van der Waals surface area contributed by atoms with Gasteiger partial charge in [-0.25, -0.2) is 9.97 Å². The molecule has 0 bridgehead atoms. The van der Waals surface area contributed by atoms with Crippen LogP contribution in [-0.4, -0.2) is 16.6 Å². The predicted molar refractivity (Wildman–Crippen MR) is 31.7 cm³/mol. The van der Waals surface area contributed by atoms with Crippen molar-refractivity contribution >= 4 is 0 Å². The maximum atomic E-state index is 11.6. The lowest BCUT2D eigenvalue weighted by molar-refractivity contribution is 0.487. The molecule has 0 fully saturated rings. The van der Waals surface area contributed by atoms with Crippen molar-refractivity contribution in [3.05, 3.63) is 24.3 Å². The van der Waals surface area contributed by atoms with E-state index in [1.807, 2.05) is 0 Å². The highest BCUT2D eigenvalue weighted by Crippen LogP contribution is 1.88. The van der Waals surface area contributed by atoms with Gasteiger partial charge in [0.15, 0.2) is 0 Å². The average molecular weight is 126 g/mol. The standard InChI is InChI=1S/C6H7FN2/c7-3-2-6-8-4-1-5-9-6/h1,4-5H,2-3H2. The van der Waals surface area contributed by atoms with Crippen molar-refractivity contribution in [1.82, 2.24) is 9.97 Å². The number of hydrogen-bond acceptors (Lipinski definition) is 2. The minimum atomic E-state index is -0.385. The van der Waals surface area contributed by atoms with Crippen molar-refractivity contribution in [2.75, 3.05) is 6.67 Å². The maximum Gasteiger partial charge on any atom is 0.130 e. The van der Waals surface area contributed by atoms with Gasteiger partial charge in [-0.1, -0.05) is 0 Å². The smallest absolute Gasteiger partial charge is 0.130 e. The van der Waals surface area contributed by atoms with E-state index >= 15 is 0 Å². The van der Waals surface area contributed by atoms with Gasteiger partial charge in [-0.2, -0.15) is 0 Å². The number of halogens is 1. The molecule has 0 aliphatic carbocycles. The zero-order valence-corrected chi connectivity index (χ0v) is 4.92. The monoisotopic (exact) mass is 126 g/mol. The van der Waals surface area contributed by atoms with Crippen LogP contribution in [0, 0.1) is 0 Å². The summed E-state index contributed by atoms with van der Waals surface area (Å²) in [6, 6.07) is 1.71. The van der Waals surface area contributed by atoms with Crippen molar-refractivity contribution in [2.24, 2.45) is 0 Å². The van der Waals surface area contributed by atoms with Crippen LogP contribution in [0.5, 0.6) is 0 Å². The summed E-state index contributed by atoms with van der Waals surface area (Å²) in [5.41, 5.74) is 0. The van der Waals surface area contributed by atoms with Gasteiger partial charge in [0.1, 0.15) is 5.82 Å². The van der Waals surface area contributed by atoms with Gasteiger partial charge in [0.2, 0.25) is 0 Å². The maximum absolute atomic E-state index is 11.6. The lowest BCUT2D eigenvalue weighted by atomic mass is 10.4. The van der Waals surface area contributed by atoms with Gasteiger partial charge in [-0.05, 0) is 6.07 Å². The van der Waals surface area contributed by atoms with Gasteiger partial charge in [-0.3, -0.25) is 4.39 Å². The number of aryl methyl sites for hydroxylation is 1. The van der Waals surface area contributed by atoms with E-state index in [4.69, 9.17) is 0 Å². The second-order valence-corrected chi connectivity index (χ2v) is 1.60. The Morgan fingerprint density at radius 1 is 1.33 bits per heavy atom. The molecular formula is C6H7FN2. The van der Waals surface area contributed by atoms with Gasteiger partial charge in [0.25, 0.3) is 0 Å². The van der Waals surface area contributed by atoms with Gasteiger partial charge < -0.3 is 0 Å². The third-order valence-electron chi connectivity index (χ3n) is 0.937. The van der Waals surface area contributed by atoms with Gasteiger partial charge in [-0.15, -0.1) is 0 Å². The molecule has 9 heavy (non-hydrogen) atoms. The zero-order valence-electron chi connectivity index (χ0n) is 4.92. The molecule has 0 atom stereocenters. The van der Waals surface area contributed by atoms with Crippen LogP contribution in [0.1, 0.15) is 5.82 Å². The Balaban J connectivity index is 2.61. The number of aromatic nitrogens is 2. The minimum Gasteiger partial charge on any atom is -0.251 e. The molecule has 3 heteroatoms. The first-order valence-electron chi connectivity index (χ1n) is 2.75. The van der Waals surface area contributed by atoms with Crippen LogP contribution in [0.15, 0.2) is 18.5 Å². The van der Waals surface area contributed by atoms with Crippen LogP contribution in [0.25, 0.3) is 0 Å². The lowest BCUT2D eigenvalue weighted by Gasteiger charge is -1.90. The highest BCUT2D eigenvalue weighted by Gasteiger charge is 1.90. The van der Waals surface area contributed by atoms with Crippen LogP contribution < -0.4 is 0 Å². The highest BCUT2D eigenvalue weighted by molar-refractivity contribution is 4.87. The summed E-state index contributed by atoms with van der Waals surface area (Å²) in [6.45, 7) is -0.385. The lowest BCUT2D eigenvalue weighted by Crippen LogP contribution is -1.93. The summed E-state index contributed by atoms with van der Waals surface area (Å²) in [5, 5.41) is 0. The molecule has 0 unspecified atom stereocenters. The van der Waals surface area contributed by atoms with E-state index in [2.05, 4.69) is 9.97 Å². The Bertz CT molecular complexity index is 164. The molecule has 1 aromatic heterocycles. The van der Waals surface area contributed by atoms with E-state index < -0.39 is 0 Å². The second-order valence-electron chi connectivity index (χ2n) is 1.60. The van der Waals surface area contributed by atoms with Crippen molar-refractivity contribution in [1.29, 1.82) is 0 Å². The third-order valence-corrected chi connectivity index (χ3v) is 0.937. The van der Waals surface area contributed by atoms with Crippen molar-refractivity contribution in [3.63, 3.8) is 0 Å². The van der Waals surface area contributed by atoms with Gasteiger partial charge >= 0.3 is 0 Å². The molecule has 0 saturated carbocycles. The fourth-order valence-corrected chi connectivity index (χ4v) is 0.544. The molecule has 0 amide bonds. The van der Waals surface area contributed by atoms with E-state index in [0.29, 0.717) is 12.2 Å². The van der Waals surface area contributed by atoms with Crippen LogP contribution in [0.2, 0.25) is 0 Å². The molecule has 1 rings (SSSR count). The fraction of sp³-hybridized carbons (Fsp3) is 0.333. The van der Waals surface area contributed by atoms with Crippen LogP contribution in [0.4, 0.5) is 4.39 Å². The molecule has 1 aromatic rings. The number of rotatable bonds is 2. The molecule has 0 saturated heterocycles. The number of alkyl halides is 1. The fourth-order valence-electron chi connectivity index (χ4n) is 0.544. The quantitative estimate of drug-likeness (QED) is 0.590. The summed E-state index contributed by atoms with van der Waals surface area (Å²) in [4.78, 5) is 7.63. The van der Waals surface area contributed by atoms with E-state index in [0.717, 1.165) is 0 Å². The number of hydrogen-bond donors (Lipinski definition) is 0. The van der Waals surface area contributed by atoms with Crippen LogP contribution in [-0.2, 0) is 6.42 Å². The molecule has 2 nitrogen and oxygen atoms in total. The largest absolute Gasteiger partial charge is 0.251 e. The predicted octanol–water partition coefficient (Wildman–Crippen LogP) is 0.989. The van der Waals surface area contributed by atoms with Gasteiger partial charge in [0, 0.05) is 18.8 Å². The molecule has 0 radical (unpaired) electrons. The first-order valence-corrected chi connectivity index (χ1v) is 2.75. The van der Waals surface area contributed by atoms with E-state index in [-0.39, 0.29) is 6.67 Å². The molecule has 0 N–H and O–H groups in total. The van der Waals surface area contributed by atoms with Gasteiger partial charge in [0.05, 0.1) is 6.67 Å².